The number of unbranched alkanes of at least 4 members (excludes halogenated alkanes) is 5. The van der Waals surface area contributed by atoms with Gasteiger partial charge in [-0.15, -0.1) is 0 Å². The van der Waals surface area contributed by atoms with Gasteiger partial charge in [0.05, 0.1) is 13.2 Å². The second-order valence-electron chi connectivity index (χ2n) is 8.47. The molecule has 0 radical (unpaired) electrons. The average Bonchev–Trinajstić information content (AvgIpc) is 2.69. The minimum absolute atomic E-state index is 0.422. The highest BCUT2D eigenvalue weighted by Gasteiger charge is 2.44. The summed E-state index contributed by atoms with van der Waals surface area (Å²) in [6.45, 7) is 2.31. The lowest BCUT2D eigenvalue weighted by molar-refractivity contribution is -0.303. The molecule has 0 bridgehead atoms. The molecule has 0 aromatic heterocycles. The van der Waals surface area contributed by atoms with Crippen LogP contribution in [0.4, 0.5) is 0 Å². The molecule has 0 amide bonds. The van der Waals surface area contributed by atoms with Crippen LogP contribution in [0, 0.1) is 11.8 Å². The topological polar surface area (TPSA) is 99.4 Å². The van der Waals surface area contributed by atoms with E-state index in [1.165, 1.54) is 57.8 Å². The highest BCUT2D eigenvalue weighted by molar-refractivity contribution is 4.89. The van der Waals surface area contributed by atoms with Crippen molar-refractivity contribution in [2.75, 3.05) is 13.2 Å². The Morgan fingerprint density at radius 3 is 2.11 bits per heavy atom. The van der Waals surface area contributed by atoms with E-state index in [1.807, 2.05) is 0 Å². The Labute approximate surface area is 163 Å². The van der Waals surface area contributed by atoms with Crippen molar-refractivity contribution in [1.29, 1.82) is 0 Å². The van der Waals surface area contributed by atoms with Gasteiger partial charge < -0.3 is 29.9 Å². The van der Waals surface area contributed by atoms with E-state index in [0.29, 0.717) is 12.5 Å². The van der Waals surface area contributed by atoms with Crippen molar-refractivity contribution in [3.63, 3.8) is 0 Å². The number of aliphatic hydroxyl groups excluding tert-OH is 4. The summed E-state index contributed by atoms with van der Waals surface area (Å²) in [5.41, 5.74) is 0. The molecule has 1 aliphatic carbocycles. The Kier molecular flexibility index (Phi) is 10.5. The monoisotopic (exact) mass is 388 g/mol. The van der Waals surface area contributed by atoms with E-state index in [-0.39, 0.29) is 0 Å². The molecule has 4 N–H and O–H groups in total. The van der Waals surface area contributed by atoms with Crippen molar-refractivity contribution in [3.05, 3.63) is 0 Å². The zero-order valence-corrected chi connectivity index (χ0v) is 16.8. The van der Waals surface area contributed by atoms with E-state index in [1.54, 1.807) is 0 Å². The van der Waals surface area contributed by atoms with Gasteiger partial charge in [-0.3, -0.25) is 0 Å². The molecular weight excluding hydrogens is 348 g/mol. The number of aliphatic hydroxyl groups is 4. The second-order valence-corrected chi connectivity index (χ2v) is 8.47. The van der Waals surface area contributed by atoms with Gasteiger partial charge in [-0.25, -0.2) is 0 Å². The first-order valence-electron chi connectivity index (χ1n) is 11.0. The molecule has 1 saturated carbocycles. The molecule has 27 heavy (non-hydrogen) atoms. The summed E-state index contributed by atoms with van der Waals surface area (Å²) in [5.74, 6) is 1.28. The molecule has 0 aromatic carbocycles. The van der Waals surface area contributed by atoms with Gasteiger partial charge in [-0.1, -0.05) is 64.7 Å². The Balaban J connectivity index is 1.60. The molecule has 1 aliphatic heterocycles. The van der Waals surface area contributed by atoms with Crippen LogP contribution >= 0.6 is 0 Å². The maximum atomic E-state index is 10.0. The zero-order chi connectivity index (χ0) is 19.6. The van der Waals surface area contributed by atoms with Crippen LogP contribution in [0.2, 0.25) is 0 Å². The third kappa shape index (κ3) is 7.26. The van der Waals surface area contributed by atoms with E-state index in [9.17, 15) is 20.4 Å². The number of hydrogen-bond acceptors (Lipinski definition) is 6. The second kappa shape index (κ2) is 12.3. The molecule has 1 heterocycles. The van der Waals surface area contributed by atoms with E-state index >= 15 is 0 Å². The first kappa shape index (κ1) is 23.0. The lowest BCUT2D eigenvalue weighted by Gasteiger charge is -2.40. The molecule has 6 nitrogen and oxygen atoms in total. The Bertz CT molecular complexity index is 383. The summed E-state index contributed by atoms with van der Waals surface area (Å²) in [7, 11) is 0. The number of ether oxygens (including phenoxy) is 2. The summed E-state index contributed by atoms with van der Waals surface area (Å²) in [6.07, 6.45) is 8.27. The van der Waals surface area contributed by atoms with Crippen molar-refractivity contribution < 1.29 is 29.9 Å². The van der Waals surface area contributed by atoms with Crippen molar-refractivity contribution in [3.8, 4) is 0 Å². The molecule has 5 atom stereocenters. The lowest BCUT2D eigenvalue weighted by atomic mass is 9.80. The van der Waals surface area contributed by atoms with Crippen LogP contribution in [-0.4, -0.2) is 64.3 Å². The van der Waals surface area contributed by atoms with Crippen LogP contribution in [0.1, 0.15) is 77.6 Å². The molecule has 2 fully saturated rings. The first-order valence-corrected chi connectivity index (χ1v) is 11.0. The fourth-order valence-corrected chi connectivity index (χ4v) is 4.34. The van der Waals surface area contributed by atoms with E-state index < -0.39 is 37.3 Å². The number of hydrogen-bond donors (Lipinski definition) is 4. The Morgan fingerprint density at radius 2 is 1.44 bits per heavy atom. The van der Waals surface area contributed by atoms with E-state index in [4.69, 9.17) is 9.47 Å². The predicted octanol–water partition coefficient (Wildman–Crippen LogP) is 2.36. The minimum atomic E-state index is -1.37. The normalized spacial score (nSPS) is 37.4. The Morgan fingerprint density at radius 1 is 0.815 bits per heavy atom. The summed E-state index contributed by atoms with van der Waals surface area (Å²) >= 11 is 0. The number of rotatable bonds is 11. The van der Waals surface area contributed by atoms with Gasteiger partial charge >= 0.3 is 0 Å². The van der Waals surface area contributed by atoms with Gasteiger partial charge in [0.15, 0.2) is 6.29 Å². The smallest absolute Gasteiger partial charge is 0.186 e. The lowest BCUT2D eigenvalue weighted by Crippen LogP contribution is -2.59. The van der Waals surface area contributed by atoms with Gasteiger partial charge in [-0.05, 0) is 24.7 Å². The van der Waals surface area contributed by atoms with E-state index in [0.717, 1.165) is 18.8 Å². The molecule has 2 rings (SSSR count). The molecule has 0 aromatic rings. The van der Waals surface area contributed by atoms with Crippen molar-refractivity contribution in [1.82, 2.24) is 0 Å². The molecule has 0 spiro atoms. The third-order valence-electron chi connectivity index (χ3n) is 6.28. The molecule has 160 valence electrons. The van der Waals surface area contributed by atoms with Crippen LogP contribution < -0.4 is 0 Å². The molecular formula is C21H40O6. The summed E-state index contributed by atoms with van der Waals surface area (Å²) in [5, 5.41) is 38.9. The van der Waals surface area contributed by atoms with Crippen LogP contribution in [0.3, 0.4) is 0 Å². The highest BCUT2D eigenvalue weighted by atomic mass is 16.7. The van der Waals surface area contributed by atoms with Crippen molar-refractivity contribution in [2.45, 2.75) is 108 Å². The minimum Gasteiger partial charge on any atom is -0.394 e. The SMILES string of the molecule is CCCCCCCCC1CCC(CO[C@H]2O[C@H](CO)[C@@H](O)[C@H](O)[C@H]2O)CC1. The fourth-order valence-electron chi connectivity index (χ4n) is 4.34. The quantitative estimate of drug-likeness (QED) is 0.406. The van der Waals surface area contributed by atoms with Crippen LogP contribution in [0.25, 0.3) is 0 Å². The first-order chi connectivity index (χ1) is 13.1. The summed E-state index contributed by atoms with van der Waals surface area (Å²) in [4.78, 5) is 0. The largest absolute Gasteiger partial charge is 0.394 e. The van der Waals surface area contributed by atoms with Crippen molar-refractivity contribution >= 4 is 0 Å². The maximum Gasteiger partial charge on any atom is 0.186 e. The molecule has 6 heteroatoms. The maximum absolute atomic E-state index is 10.0. The molecule has 1 saturated heterocycles. The summed E-state index contributed by atoms with van der Waals surface area (Å²) < 4.78 is 11.1. The van der Waals surface area contributed by atoms with Gasteiger partial charge in [0.2, 0.25) is 0 Å². The molecule has 0 unspecified atom stereocenters. The van der Waals surface area contributed by atoms with Crippen LogP contribution in [0.15, 0.2) is 0 Å². The zero-order valence-electron chi connectivity index (χ0n) is 16.8. The van der Waals surface area contributed by atoms with Gasteiger partial charge in [0.1, 0.15) is 24.4 Å². The van der Waals surface area contributed by atoms with E-state index in [2.05, 4.69) is 6.92 Å². The van der Waals surface area contributed by atoms with Crippen LogP contribution in [-0.2, 0) is 9.47 Å². The fraction of sp³-hybridized carbons (Fsp3) is 1.00. The summed E-state index contributed by atoms with van der Waals surface area (Å²) in [6, 6.07) is 0. The average molecular weight is 389 g/mol. The van der Waals surface area contributed by atoms with Gasteiger partial charge in [0.25, 0.3) is 0 Å². The van der Waals surface area contributed by atoms with Gasteiger partial charge in [0, 0.05) is 0 Å². The molecule has 2 aliphatic rings. The standard InChI is InChI=1S/C21H40O6/c1-2-3-4-5-6-7-8-15-9-11-16(12-10-15)14-26-21-20(25)19(24)18(23)17(13-22)27-21/h15-25H,2-14H2,1H3/t15?,16?,17-,18-,19+,20-,21+/m1/s1. The highest BCUT2D eigenvalue weighted by Crippen LogP contribution is 2.33. The van der Waals surface area contributed by atoms with Gasteiger partial charge in [-0.2, -0.15) is 0 Å². The van der Waals surface area contributed by atoms with Crippen molar-refractivity contribution in [2.24, 2.45) is 11.8 Å². The predicted molar refractivity (Wildman–Crippen MR) is 103 cm³/mol. The third-order valence-corrected chi connectivity index (χ3v) is 6.28. The Hall–Kier alpha value is -0.240. The van der Waals surface area contributed by atoms with Crippen LogP contribution in [0.5, 0.6) is 0 Å².